The minimum absolute atomic E-state index is 0.0393. The van der Waals surface area contributed by atoms with Gasteiger partial charge in [-0.25, -0.2) is 18.2 Å². The number of hydrazone groups is 1. The molecule has 3 aromatic carbocycles. The number of sulfonamides is 1. The Balaban J connectivity index is 1.97. The van der Waals surface area contributed by atoms with Crippen LogP contribution in [0.4, 0.5) is 10.1 Å². The lowest BCUT2D eigenvalue weighted by Crippen LogP contribution is -2.39. The molecule has 0 spiro atoms. The highest BCUT2D eigenvalue weighted by Crippen LogP contribution is 2.36. The van der Waals surface area contributed by atoms with Crippen LogP contribution in [-0.4, -0.2) is 48.4 Å². The zero-order chi connectivity index (χ0) is 26.3. The number of rotatable bonds is 10. The number of carbonyl (C=O) groups is 1. The van der Waals surface area contributed by atoms with Gasteiger partial charge in [0.05, 0.1) is 38.1 Å². The number of hydrogen-bond acceptors (Lipinski definition) is 7. The number of nitrogens with zero attached hydrogens (tertiary/aromatic N) is 2. The lowest BCUT2D eigenvalue weighted by atomic mass is 10.2. The van der Waals surface area contributed by atoms with Gasteiger partial charge < -0.3 is 14.2 Å². The first kappa shape index (κ1) is 26.8. The third-order valence-corrected chi connectivity index (χ3v) is 6.90. The zero-order valence-electron chi connectivity index (χ0n) is 19.6. The molecule has 3 aromatic rings. The molecule has 0 radical (unpaired) electrons. The Bertz CT molecular complexity index is 1370. The van der Waals surface area contributed by atoms with E-state index in [9.17, 15) is 17.6 Å². The van der Waals surface area contributed by atoms with E-state index in [1.54, 1.807) is 0 Å². The number of hydrogen-bond donors (Lipinski definition) is 1. The summed E-state index contributed by atoms with van der Waals surface area (Å²) in [5, 5.41) is 4.05. The molecule has 3 rings (SSSR count). The monoisotopic (exact) mass is 535 g/mol. The fourth-order valence-electron chi connectivity index (χ4n) is 3.16. The maximum absolute atomic E-state index is 13.7. The summed E-state index contributed by atoms with van der Waals surface area (Å²) in [5.41, 5.74) is 2.84. The summed E-state index contributed by atoms with van der Waals surface area (Å²) in [6.45, 7) is -0.659. The van der Waals surface area contributed by atoms with Crippen LogP contribution in [0.3, 0.4) is 0 Å². The summed E-state index contributed by atoms with van der Waals surface area (Å²) < 4.78 is 57.1. The van der Waals surface area contributed by atoms with E-state index in [0.29, 0.717) is 11.3 Å². The van der Waals surface area contributed by atoms with Crippen molar-refractivity contribution in [3.63, 3.8) is 0 Å². The van der Waals surface area contributed by atoms with E-state index < -0.39 is 28.3 Å². The molecule has 0 bridgehead atoms. The number of halogens is 2. The Morgan fingerprint density at radius 1 is 0.972 bits per heavy atom. The van der Waals surface area contributed by atoms with Gasteiger partial charge in [-0.2, -0.15) is 5.10 Å². The van der Waals surface area contributed by atoms with Crippen molar-refractivity contribution in [2.24, 2.45) is 5.10 Å². The van der Waals surface area contributed by atoms with Gasteiger partial charge in [0, 0.05) is 11.1 Å². The van der Waals surface area contributed by atoms with Gasteiger partial charge in [0.15, 0.2) is 11.5 Å². The molecule has 0 saturated carbocycles. The van der Waals surface area contributed by atoms with E-state index in [-0.39, 0.29) is 27.1 Å². The average molecular weight is 536 g/mol. The minimum atomic E-state index is -4.33. The summed E-state index contributed by atoms with van der Waals surface area (Å²) >= 11 is 6.14. The van der Waals surface area contributed by atoms with Crippen molar-refractivity contribution in [3.05, 3.63) is 77.1 Å². The lowest BCUT2D eigenvalue weighted by molar-refractivity contribution is -0.119. The van der Waals surface area contributed by atoms with Crippen molar-refractivity contribution in [1.82, 2.24) is 5.43 Å². The summed E-state index contributed by atoms with van der Waals surface area (Å²) in [4.78, 5) is 12.6. The molecule has 0 aliphatic carbocycles. The van der Waals surface area contributed by atoms with E-state index in [1.165, 1.54) is 88.2 Å². The van der Waals surface area contributed by atoms with Crippen LogP contribution in [0.2, 0.25) is 5.02 Å². The normalized spacial score (nSPS) is 11.2. The third-order valence-electron chi connectivity index (χ3n) is 4.91. The molecule has 0 unspecified atom stereocenters. The van der Waals surface area contributed by atoms with Gasteiger partial charge in [0.1, 0.15) is 18.1 Å². The van der Waals surface area contributed by atoms with Gasteiger partial charge in [0.2, 0.25) is 0 Å². The lowest BCUT2D eigenvalue weighted by Gasteiger charge is -2.25. The second kappa shape index (κ2) is 11.7. The van der Waals surface area contributed by atoms with Crippen molar-refractivity contribution >= 4 is 39.4 Å². The van der Waals surface area contributed by atoms with E-state index >= 15 is 0 Å². The highest BCUT2D eigenvalue weighted by molar-refractivity contribution is 7.92. The van der Waals surface area contributed by atoms with Crippen LogP contribution in [0.5, 0.6) is 17.2 Å². The van der Waals surface area contributed by atoms with E-state index in [4.69, 9.17) is 25.8 Å². The smallest absolute Gasteiger partial charge is 0.265 e. The predicted octanol–water partition coefficient (Wildman–Crippen LogP) is 3.85. The maximum Gasteiger partial charge on any atom is 0.265 e. The summed E-state index contributed by atoms with van der Waals surface area (Å²) in [6, 6.07) is 13.8. The van der Waals surface area contributed by atoms with Crippen molar-refractivity contribution in [1.29, 1.82) is 0 Å². The Labute approximate surface area is 213 Å². The Hall–Kier alpha value is -3.83. The number of ether oxygens (including phenoxy) is 3. The van der Waals surface area contributed by atoms with E-state index in [2.05, 4.69) is 10.5 Å². The SMILES string of the molecule is COc1ccc(S(=O)(=O)N(CC(=O)N/N=C\c2ccc(F)cc2)c2cc(Cl)ccc2OC)cc1OC. The second-order valence-electron chi connectivity index (χ2n) is 7.19. The number of amides is 1. The number of carbonyl (C=O) groups excluding carboxylic acids is 1. The molecular formula is C24H23ClFN3O6S. The first-order valence-electron chi connectivity index (χ1n) is 10.4. The van der Waals surface area contributed by atoms with E-state index in [1.807, 2.05) is 0 Å². The van der Waals surface area contributed by atoms with Gasteiger partial charge in [0.25, 0.3) is 15.9 Å². The fraction of sp³-hybridized carbons (Fsp3) is 0.167. The molecule has 0 aliphatic heterocycles. The summed E-state index contributed by atoms with van der Waals surface area (Å²) in [7, 11) is -0.175. The minimum Gasteiger partial charge on any atom is -0.495 e. The fourth-order valence-corrected chi connectivity index (χ4v) is 4.76. The molecule has 12 heteroatoms. The molecule has 1 amide bonds. The highest BCUT2D eigenvalue weighted by Gasteiger charge is 2.30. The van der Waals surface area contributed by atoms with Crippen molar-refractivity contribution in [3.8, 4) is 17.2 Å². The number of methoxy groups -OCH3 is 3. The molecule has 9 nitrogen and oxygen atoms in total. The van der Waals surface area contributed by atoms with Gasteiger partial charge in [-0.15, -0.1) is 0 Å². The average Bonchev–Trinajstić information content (AvgIpc) is 2.87. The molecule has 0 aliphatic rings. The third kappa shape index (κ3) is 6.23. The van der Waals surface area contributed by atoms with Crippen LogP contribution in [-0.2, 0) is 14.8 Å². The summed E-state index contributed by atoms with van der Waals surface area (Å²) in [5.74, 6) is -0.477. The Morgan fingerprint density at radius 3 is 2.25 bits per heavy atom. The van der Waals surface area contributed by atoms with Crippen molar-refractivity contribution in [2.75, 3.05) is 32.2 Å². The number of nitrogens with one attached hydrogen (secondary N) is 1. The van der Waals surface area contributed by atoms with Gasteiger partial charge in [-0.05, 0) is 48.0 Å². The Morgan fingerprint density at radius 2 is 1.61 bits per heavy atom. The quantitative estimate of drug-likeness (QED) is 0.312. The summed E-state index contributed by atoms with van der Waals surface area (Å²) in [6.07, 6.45) is 1.30. The van der Waals surface area contributed by atoms with Gasteiger partial charge in [-0.3, -0.25) is 9.10 Å². The van der Waals surface area contributed by atoms with Crippen LogP contribution in [0.25, 0.3) is 0 Å². The van der Waals surface area contributed by atoms with Crippen LogP contribution >= 0.6 is 11.6 Å². The molecule has 0 atom stereocenters. The molecule has 0 saturated heterocycles. The van der Waals surface area contributed by atoms with Gasteiger partial charge in [-0.1, -0.05) is 23.7 Å². The first-order chi connectivity index (χ1) is 17.2. The van der Waals surface area contributed by atoms with Crippen molar-refractivity contribution < 1.29 is 31.8 Å². The predicted molar refractivity (Wildman–Crippen MR) is 134 cm³/mol. The Kier molecular flexibility index (Phi) is 8.73. The van der Waals surface area contributed by atoms with Gasteiger partial charge >= 0.3 is 0 Å². The molecule has 0 aromatic heterocycles. The molecular weight excluding hydrogens is 513 g/mol. The van der Waals surface area contributed by atoms with Crippen LogP contribution in [0, 0.1) is 5.82 Å². The number of anilines is 1. The molecule has 190 valence electrons. The standard InChI is InChI=1S/C24H23ClFN3O6S/c1-33-21-10-6-17(25)12-20(21)29(15-24(30)28-27-14-16-4-7-18(26)8-5-16)36(31,32)19-9-11-22(34-2)23(13-19)35-3/h4-14H,15H2,1-3H3,(H,28,30)/b27-14-. The van der Waals surface area contributed by atoms with Crippen LogP contribution in [0.15, 0.2) is 70.7 Å². The highest BCUT2D eigenvalue weighted by atomic mass is 35.5. The topological polar surface area (TPSA) is 107 Å². The molecule has 1 N–H and O–H groups in total. The molecule has 0 heterocycles. The van der Waals surface area contributed by atoms with Crippen LogP contribution < -0.4 is 23.9 Å². The van der Waals surface area contributed by atoms with Crippen molar-refractivity contribution in [2.45, 2.75) is 4.90 Å². The molecule has 0 fully saturated rings. The van der Waals surface area contributed by atoms with E-state index in [0.717, 1.165) is 4.31 Å². The zero-order valence-corrected chi connectivity index (χ0v) is 21.1. The first-order valence-corrected chi connectivity index (χ1v) is 12.2. The largest absolute Gasteiger partial charge is 0.495 e. The number of benzene rings is 3. The second-order valence-corrected chi connectivity index (χ2v) is 9.49. The molecule has 36 heavy (non-hydrogen) atoms. The maximum atomic E-state index is 13.7. The van der Waals surface area contributed by atoms with Crippen LogP contribution in [0.1, 0.15) is 5.56 Å².